The molecule has 0 bridgehead atoms. The Labute approximate surface area is 97.0 Å². The van der Waals surface area contributed by atoms with Crippen molar-refractivity contribution < 1.29 is 9.90 Å². The van der Waals surface area contributed by atoms with E-state index in [2.05, 4.69) is 17.2 Å². The van der Waals surface area contributed by atoms with E-state index in [1.807, 2.05) is 6.92 Å². The molecule has 1 fully saturated rings. The maximum absolute atomic E-state index is 11.6. The summed E-state index contributed by atoms with van der Waals surface area (Å²) in [5, 5.41) is 9.65. The van der Waals surface area contributed by atoms with Gasteiger partial charge in [-0.15, -0.1) is 0 Å². The summed E-state index contributed by atoms with van der Waals surface area (Å²) in [6, 6.07) is -0.148. The molecule has 0 aliphatic carbocycles. The number of aliphatic hydroxyl groups excluding tert-OH is 1. The number of nitrogens with two attached hydrogens (primary N) is 1. The van der Waals surface area contributed by atoms with E-state index in [4.69, 9.17) is 5.84 Å². The lowest BCUT2D eigenvalue weighted by Gasteiger charge is -2.38. The summed E-state index contributed by atoms with van der Waals surface area (Å²) in [6.07, 6.45) is 2.26. The van der Waals surface area contributed by atoms with Gasteiger partial charge in [0.2, 0.25) is 0 Å². The van der Waals surface area contributed by atoms with Gasteiger partial charge in [0, 0.05) is 13.1 Å². The van der Waals surface area contributed by atoms with E-state index in [0.717, 1.165) is 32.4 Å². The zero-order valence-corrected chi connectivity index (χ0v) is 10.1. The van der Waals surface area contributed by atoms with Gasteiger partial charge in [0.25, 0.3) is 5.91 Å². The van der Waals surface area contributed by atoms with Crippen LogP contribution in [0.25, 0.3) is 0 Å². The summed E-state index contributed by atoms with van der Waals surface area (Å²) < 4.78 is 0. The Morgan fingerprint density at radius 2 is 2.38 bits per heavy atom. The molecule has 0 aromatic rings. The van der Waals surface area contributed by atoms with E-state index in [1.165, 1.54) is 0 Å². The number of carbonyl (C=O) groups excluding carboxylic acids is 1. The Bertz CT molecular complexity index is 235. The molecule has 5 nitrogen and oxygen atoms in total. The lowest BCUT2D eigenvalue weighted by molar-refractivity contribution is -0.128. The van der Waals surface area contributed by atoms with Crippen molar-refractivity contribution in [3.05, 3.63) is 0 Å². The second kappa shape index (κ2) is 6.18. The summed E-state index contributed by atoms with van der Waals surface area (Å²) in [4.78, 5) is 13.8. The standard InChI is InChI=1S/C11H23N3O2/c1-3-4-9(11(16)13-12)14-6-5-10(15)8(2)7-14/h8-10,15H,3-7,12H2,1-2H3,(H,13,16). The van der Waals surface area contributed by atoms with Crippen LogP contribution in [0.15, 0.2) is 0 Å². The number of carbonyl (C=O) groups is 1. The summed E-state index contributed by atoms with van der Waals surface area (Å²) in [5.74, 6) is 5.30. The fourth-order valence-electron chi connectivity index (χ4n) is 2.30. The first kappa shape index (κ1) is 13.4. The van der Waals surface area contributed by atoms with E-state index in [-0.39, 0.29) is 24.0 Å². The van der Waals surface area contributed by atoms with Gasteiger partial charge >= 0.3 is 0 Å². The maximum Gasteiger partial charge on any atom is 0.251 e. The smallest absolute Gasteiger partial charge is 0.251 e. The second-order valence-corrected chi connectivity index (χ2v) is 4.64. The lowest BCUT2D eigenvalue weighted by atomic mass is 9.94. The molecule has 0 aromatic carbocycles. The Morgan fingerprint density at radius 1 is 1.69 bits per heavy atom. The first-order valence-corrected chi connectivity index (χ1v) is 6.02. The van der Waals surface area contributed by atoms with Crippen LogP contribution in [-0.2, 0) is 4.79 Å². The minimum Gasteiger partial charge on any atom is -0.393 e. The molecule has 94 valence electrons. The molecule has 0 spiro atoms. The number of hydrogen-bond donors (Lipinski definition) is 3. The van der Waals surface area contributed by atoms with Crippen molar-refractivity contribution >= 4 is 5.91 Å². The number of nitrogens with zero attached hydrogens (tertiary/aromatic N) is 1. The predicted molar refractivity (Wildman–Crippen MR) is 62.4 cm³/mol. The van der Waals surface area contributed by atoms with Crippen LogP contribution in [0.4, 0.5) is 0 Å². The van der Waals surface area contributed by atoms with Gasteiger partial charge in [-0.3, -0.25) is 15.1 Å². The maximum atomic E-state index is 11.6. The molecule has 0 aromatic heterocycles. The van der Waals surface area contributed by atoms with Crippen LogP contribution in [0, 0.1) is 5.92 Å². The van der Waals surface area contributed by atoms with Crippen LogP contribution in [-0.4, -0.2) is 41.1 Å². The van der Waals surface area contributed by atoms with E-state index in [9.17, 15) is 9.90 Å². The van der Waals surface area contributed by atoms with Gasteiger partial charge in [-0.1, -0.05) is 20.3 Å². The van der Waals surface area contributed by atoms with E-state index < -0.39 is 0 Å². The highest BCUT2D eigenvalue weighted by Gasteiger charge is 2.31. The van der Waals surface area contributed by atoms with E-state index in [1.54, 1.807) is 0 Å². The second-order valence-electron chi connectivity index (χ2n) is 4.64. The van der Waals surface area contributed by atoms with Gasteiger partial charge < -0.3 is 5.11 Å². The number of nitrogens with one attached hydrogen (secondary N) is 1. The van der Waals surface area contributed by atoms with Crippen LogP contribution in [0.5, 0.6) is 0 Å². The van der Waals surface area contributed by atoms with Gasteiger partial charge in [0.15, 0.2) is 0 Å². The Kier molecular flexibility index (Phi) is 5.18. The third kappa shape index (κ3) is 3.17. The number of hydrazine groups is 1. The lowest BCUT2D eigenvalue weighted by Crippen LogP contribution is -2.54. The van der Waals surface area contributed by atoms with Crippen molar-refractivity contribution in [2.24, 2.45) is 11.8 Å². The van der Waals surface area contributed by atoms with E-state index in [0.29, 0.717) is 0 Å². The third-order valence-corrected chi connectivity index (χ3v) is 3.34. The normalized spacial score (nSPS) is 28.8. The van der Waals surface area contributed by atoms with Gasteiger partial charge in [0.05, 0.1) is 12.1 Å². The minimum absolute atomic E-state index is 0.120. The molecule has 1 saturated heterocycles. The average molecular weight is 229 g/mol. The molecule has 1 amide bonds. The fraction of sp³-hybridized carbons (Fsp3) is 0.909. The molecule has 1 heterocycles. The number of rotatable bonds is 4. The number of piperidine rings is 1. The van der Waals surface area contributed by atoms with Crippen molar-refractivity contribution in [2.45, 2.75) is 45.3 Å². The molecule has 3 unspecified atom stereocenters. The Hall–Kier alpha value is -0.650. The minimum atomic E-state index is -0.237. The number of hydrogen-bond acceptors (Lipinski definition) is 4. The number of amides is 1. The molecular weight excluding hydrogens is 206 g/mol. The SMILES string of the molecule is CCCC(C(=O)NN)N1CCC(O)C(C)C1. The number of aliphatic hydroxyl groups is 1. The van der Waals surface area contributed by atoms with Gasteiger partial charge in [-0.25, -0.2) is 5.84 Å². The molecule has 3 atom stereocenters. The van der Waals surface area contributed by atoms with Crippen LogP contribution in [0.1, 0.15) is 33.1 Å². The molecule has 1 aliphatic rings. The van der Waals surface area contributed by atoms with Crippen molar-refractivity contribution in [3.8, 4) is 0 Å². The zero-order chi connectivity index (χ0) is 12.1. The zero-order valence-electron chi connectivity index (χ0n) is 10.1. The Balaban J connectivity index is 2.61. The van der Waals surface area contributed by atoms with Crippen LogP contribution in [0.3, 0.4) is 0 Å². The van der Waals surface area contributed by atoms with Crippen molar-refractivity contribution in [2.75, 3.05) is 13.1 Å². The average Bonchev–Trinajstić information content (AvgIpc) is 2.29. The summed E-state index contributed by atoms with van der Waals surface area (Å²) >= 11 is 0. The van der Waals surface area contributed by atoms with E-state index >= 15 is 0 Å². The Morgan fingerprint density at radius 3 is 2.88 bits per heavy atom. The van der Waals surface area contributed by atoms with Crippen LogP contribution >= 0.6 is 0 Å². The molecule has 5 heteroatoms. The van der Waals surface area contributed by atoms with Crippen LogP contribution < -0.4 is 11.3 Å². The first-order chi connectivity index (χ1) is 7.60. The van der Waals surface area contributed by atoms with Gasteiger partial charge in [0.1, 0.15) is 0 Å². The molecule has 1 rings (SSSR count). The van der Waals surface area contributed by atoms with Crippen molar-refractivity contribution in [1.29, 1.82) is 0 Å². The molecule has 0 radical (unpaired) electrons. The highest BCUT2D eigenvalue weighted by molar-refractivity contribution is 5.81. The van der Waals surface area contributed by atoms with Gasteiger partial charge in [-0.05, 0) is 18.8 Å². The topological polar surface area (TPSA) is 78.6 Å². The highest BCUT2D eigenvalue weighted by Crippen LogP contribution is 2.20. The molecule has 0 saturated carbocycles. The molecule has 16 heavy (non-hydrogen) atoms. The highest BCUT2D eigenvalue weighted by atomic mass is 16.3. The summed E-state index contributed by atoms with van der Waals surface area (Å²) in [7, 11) is 0. The quantitative estimate of drug-likeness (QED) is 0.356. The van der Waals surface area contributed by atoms with Crippen molar-refractivity contribution in [1.82, 2.24) is 10.3 Å². The number of likely N-dealkylation sites (tertiary alicyclic amines) is 1. The van der Waals surface area contributed by atoms with Gasteiger partial charge in [-0.2, -0.15) is 0 Å². The first-order valence-electron chi connectivity index (χ1n) is 6.02. The molecule has 4 N–H and O–H groups in total. The predicted octanol–water partition coefficient (Wildman–Crippen LogP) is -0.152. The molecule has 1 aliphatic heterocycles. The van der Waals surface area contributed by atoms with Crippen molar-refractivity contribution in [3.63, 3.8) is 0 Å². The van der Waals surface area contributed by atoms with Crippen LogP contribution in [0.2, 0.25) is 0 Å². The monoisotopic (exact) mass is 229 g/mol. The summed E-state index contributed by atoms with van der Waals surface area (Å²) in [6.45, 7) is 5.60. The fourth-order valence-corrected chi connectivity index (χ4v) is 2.30. The largest absolute Gasteiger partial charge is 0.393 e. The summed E-state index contributed by atoms with van der Waals surface area (Å²) in [5.41, 5.74) is 2.23. The molecular formula is C11H23N3O2. The third-order valence-electron chi connectivity index (χ3n) is 3.34.